The fourth-order valence-electron chi connectivity index (χ4n) is 2.11. The summed E-state index contributed by atoms with van der Waals surface area (Å²) in [5, 5.41) is 11.4. The van der Waals surface area contributed by atoms with Gasteiger partial charge in [0.15, 0.2) is 0 Å². The summed E-state index contributed by atoms with van der Waals surface area (Å²) in [6, 6.07) is 7.80. The van der Waals surface area contributed by atoms with E-state index in [2.05, 4.69) is 41.4 Å². The van der Waals surface area contributed by atoms with Crippen molar-refractivity contribution in [1.82, 2.24) is 20.1 Å². The molecule has 1 aromatic carbocycles. The van der Waals surface area contributed by atoms with Gasteiger partial charge in [-0.3, -0.25) is 4.90 Å². The maximum Gasteiger partial charge on any atom is 0.248 e. The number of benzene rings is 1. The highest BCUT2D eigenvalue weighted by Gasteiger charge is 2.13. The van der Waals surface area contributed by atoms with Gasteiger partial charge in [0.1, 0.15) is 0 Å². The molecule has 0 aliphatic heterocycles. The summed E-state index contributed by atoms with van der Waals surface area (Å²) in [7, 11) is 2.01. The number of thiazole rings is 1. The normalized spacial score (nSPS) is 11.3. The van der Waals surface area contributed by atoms with E-state index < -0.39 is 0 Å². The summed E-state index contributed by atoms with van der Waals surface area (Å²) >= 11 is 5.16. The fourth-order valence-corrected chi connectivity index (χ4v) is 3.16. The molecule has 2 aromatic heterocycles. The third kappa shape index (κ3) is 3.60. The lowest BCUT2D eigenvalue weighted by Gasteiger charge is -2.11. The number of halogens is 1. The minimum absolute atomic E-state index is 0.528. The van der Waals surface area contributed by atoms with Crippen LogP contribution in [0.2, 0.25) is 0 Å². The largest absolute Gasteiger partial charge is 0.419 e. The number of nitrogens with zero attached hydrogens (tertiary/aromatic N) is 4. The highest BCUT2D eigenvalue weighted by Crippen LogP contribution is 2.26. The third-order valence-corrected chi connectivity index (χ3v) is 4.59. The zero-order valence-electron chi connectivity index (χ0n) is 12.3. The van der Waals surface area contributed by atoms with Crippen LogP contribution in [0.5, 0.6) is 0 Å². The molecule has 0 bridgehead atoms. The summed E-state index contributed by atoms with van der Waals surface area (Å²) in [4.78, 5) is 6.56. The molecule has 7 heteroatoms. The van der Waals surface area contributed by atoms with Crippen molar-refractivity contribution in [3.8, 4) is 11.5 Å². The maximum atomic E-state index is 5.75. The predicted octanol–water partition coefficient (Wildman–Crippen LogP) is 3.90. The van der Waals surface area contributed by atoms with Crippen molar-refractivity contribution in [1.29, 1.82) is 0 Å². The molecule has 3 aromatic rings. The topological polar surface area (TPSA) is 55.1 Å². The van der Waals surface area contributed by atoms with E-state index in [9.17, 15) is 0 Å². The molecule has 0 aliphatic rings. The summed E-state index contributed by atoms with van der Waals surface area (Å²) in [5.74, 6) is 1.13. The Morgan fingerprint density at radius 1 is 1.23 bits per heavy atom. The second-order valence-electron chi connectivity index (χ2n) is 5.01. The van der Waals surface area contributed by atoms with Gasteiger partial charge in [0, 0.05) is 16.4 Å². The van der Waals surface area contributed by atoms with Crippen molar-refractivity contribution in [2.45, 2.75) is 20.0 Å². The minimum Gasteiger partial charge on any atom is -0.419 e. The van der Waals surface area contributed by atoms with Crippen LogP contribution in [0.3, 0.4) is 0 Å². The molecule has 5 nitrogen and oxygen atoms in total. The van der Waals surface area contributed by atoms with Gasteiger partial charge in [0.2, 0.25) is 11.8 Å². The van der Waals surface area contributed by atoms with E-state index in [0.29, 0.717) is 18.3 Å². The highest BCUT2D eigenvalue weighted by atomic mass is 79.9. The van der Waals surface area contributed by atoms with E-state index in [1.54, 1.807) is 11.3 Å². The second kappa shape index (κ2) is 6.68. The first-order chi connectivity index (χ1) is 10.6. The van der Waals surface area contributed by atoms with Crippen LogP contribution in [0.1, 0.15) is 16.6 Å². The van der Waals surface area contributed by atoms with Gasteiger partial charge in [0.05, 0.1) is 22.8 Å². The van der Waals surface area contributed by atoms with Crippen LogP contribution in [0.15, 0.2) is 38.5 Å². The van der Waals surface area contributed by atoms with E-state index in [-0.39, 0.29) is 0 Å². The summed E-state index contributed by atoms with van der Waals surface area (Å²) in [6.45, 7) is 3.36. The van der Waals surface area contributed by atoms with Crippen LogP contribution in [0.4, 0.5) is 0 Å². The molecular weight excluding hydrogens is 364 g/mol. The van der Waals surface area contributed by atoms with Crippen LogP contribution in [-0.2, 0) is 13.1 Å². The molecule has 0 fully saturated rings. The lowest BCUT2D eigenvalue weighted by atomic mass is 10.2. The third-order valence-electron chi connectivity index (χ3n) is 3.07. The molecule has 0 spiro atoms. The molecule has 0 unspecified atom stereocenters. The second-order valence-corrected chi connectivity index (χ2v) is 6.93. The first-order valence-corrected chi connectivity index (χ1v) is 8.46. The molecule has 0 atom stereocenters. The molecule has 0 saturated heterocycles. The molecule has 22 heavy (non-hydrogen) atoms. The van der Waals surface area contributed by atoms with Crippen LogP contribution >= 0.6 is 27.3 Å². The first kappa shape index (κ1) is 15.3. The molecule has 0 aliphatic carbocycles. The minimum atomic E-state index is 0.528. The van der Waals surface area contributed by atoms with E-state index in [1.165, 1.54) is 0 Å². The average Bonchev–Trinajstić information content (AvgIpc) is 3.09. The van der Waals surface area contributed by atoms with E-state index in [1.807, 2.05) is 38.2 Å². The van der Waals surface area contributed by atoms with Gasteiger partial charge < -0.3 is 4.42 Å². The van der Waals surface area contributed by atoms with Gasteiger partial charge in [-0.25, -0.2) is 4.98 Å². The van der Waals surface area contributed by atoms with Crippen molar-refractivity contribution in [2.75, 3.05) is 7.05 Å². The monoisotopic (exact) mass is 378 g/mol. The van der Waals surface area contributed by atoms with E-state index in [4.69, 9.17) is 4.42 Å². The standard InChI is InChI=1S/C15H15BrN4OS/c1-10-17-11(9-22-10)7-20(2)8-14-18-19-15(21-14)12-5-3-4-6-13(12)16/h3-6,9H,7-8H2,1-2H3. The molecular formula is C15H15BrN4OS. The molecule has 114 valence electrons. The van der Waals surface area contributed by atoms with E-state index >= 15 is 0 Å². The van der Waals surface area contributed by atoms with E-state index in [0.717, 1.165) is 27.3 Å². The highest BCUT2D eigenvalue weighted by molar-refractivity contribution is 9.10. The summed E-state index contributed by atoms with van der Waals surface area (Å²) in [6.07, 6.45) is 0. The van der Waals surface area contributed by atoms with Crippen LogP contribution in [0.25, 0.3) is 11.5 Å². The van der Waals surface area contributed by atoms with Gasteiger partial charge in [-0.2, -0.15) is 0 Å². The lowest BCUT2D eigenvalue weighted by Crippen LogP contribution is -2.17. The van der Waals surface area contributed by atoms with Gasteiger partial charge in [-0.1, -0.05) is 12.1 Å². The molecule has 0 N–H and O–H groups in total. The maximum absolute atomic E-state index is 5.75. The first-order valence-electron chi connectivity index (χ1n) is 6.78. The number of rotatable bonds is 5. The van der Waals surface area contributed by atoms with Crippen molar-refractivity contribution < 1.29 is 4.42 Å². The molecule has 2 heterocycles. The molecule has 0 saturated carbocycles. The molecule has 3 rings (SSSR count). The Morgan fingerprint density at radius 2 is 2.05 bits per heavy atom. The predicted molar refractivity (Wildman–Crippen MR) is 89.5 cm³/mol. The zero-order chi connectivity index (χ0) is 15.5. The smallest absolute Gasteiger partial charge is 0.248 e. The Hall–Kier alpha value is -1.57. The lowest BCUT2D eigenvalue weighted by molar-refractivity contribution is 0.280. The van der Waals surface area contributed by atoms with Crippen molar-refractivity contribution in [2.24, 2.45) is 0 Å². The number of aromatic nitrogens is 3. The number of hydrogen-bond acceptors (Lipinski definition) is 6. The Bertz CT molecular complexity index is 770. The van der Waals surface area contributed by atoms with Crippen molar-refractivity contribution in [3.63, 3.8) is 0 Å². The fraction of sp³-hybridized carbons (Fsp3) is 0.267. The summed E-state index contributed by atoms with van der Waals surface area (Å²) < 4.78 is 6.69. The Kier molecular flexibility index (Phi) is 4.66. The Balaban J connectivity index is 1.68. The van der Waals surface area contributed by atoms with Gasteiger partial charge in [-0.15, -0.1) is 21.5 Å². The van der Waals surface area contributed by atoms with Gasteiger partial charge >= 0.3 is 0 Å². The van der Waals surface area contributed by atoms with Crippen molar-refractivity contribution in [3.05, 3.63) is 50.7 Å². The summed E-state index contributed by atoms with van der Waals surface area (Å²) in [5.41, 5.74) is 1.97. The number of aryl methyl sites for hydroxylation is 1. The van der Waals surface area contributed by atoms with Gasteiger partial charge in [-0.05, 0) is 42.0 Å². The number of hydrogen-bond donors (Lipinski definition) is 0. The van der Waals surface area contributed by atoms with Crippen LogP contribution < -0.4 is 0 Å². The SMILES string of the molecule is Cc1nc(CN(C)Cc2nnc(-c3ccccc3Br)o2)cs1. The Labute approximate surface area is 141 Å². The molecule has 0 radical (unpaired) electrons. The van der Waals surface area contributed by atoms with Gasteiger partial charge in [0.25, 0.3) is 0 Å². The Morgan fingerprint density at radius 3 is 2.77 bits per heavy atom. The zero-order valence-corrected chi connectivity index (χ0v) is 14.7. The molecule has 0 amide bonds. The van der Waals surface area contributed by atoms with Crippen LogP contribution in [-0.4, -0.2) is 27.1 Å². The average molecular weight is 379 g/mol. The van der Waals surface area contributed by atoms with Crippen molar-refractivity contribution >= 4 is 27.3 Å². The van der Waals surface area contributed by atoms with Crippen LogP contribution in [0, 0.1) is 6.92 Å². The quantitative estimate of drug-likeness (QED) is 0.673.